The molecular formula is C15H16N2O2. The van der Waals surface area contributed by atoms with E-state index in [-0.39, 0.29) is 11.6 Å². The number of ketones is 1. The van der Waals surface area contributed by atoms with Crippen molar-refractivity contribution in [1.82, 2.24) is 9.97 Å². The van der Waals surface area contributed by atoms with Crippen LogP contribution in [0, 0.1) is 6.92 Å². The number of carbonyl (C=O) groups is 1. The van der Waals surface area contributed by atoms with Gasteiger partial charge >= 0.3 is 0 Å². The second kappa shape index (κ2) is 5.61. The van der Waals surface area contributed by atoms with Crippen molar-refractivity contribution in [2.45, 2.75) is 20.8 Å². The van der Waals surface area contributed by atoms with E-state index in [1.165, 1.54) is 6.92 Å². The molecule has 0 aliphatic carbocycles. The van der Waals surface area contributed by atoms with E-state index in [9.17, 15) is 4.79 Å². The van der Waals surface area contributed by atoms with Crippen LogP contribution in [0.4, 0.5) is 0 Å². The Morgan fingerprint density at radius 3 is 2.74 bits per heavy atom. The molecular weight excluding hydrogens is 240 g/mol. The fourth-order valence-corrected chi connectivity index (χ4v) is 1.82. The molecule has 2 rings (SSSR count). The molecule has 0 aliphatic heterocycles. The fraction of sp³-hybridized carbons (Fsp3) is 0.267. The van der Waals surface area contributed by atoms with Crippen LogP contribution >= 0.6 is 0 Å². The Morgan fingerprint density at radius 2 is 2.11 bits per heavy atom. The van der Waals surface area contributed by atoms with Crippen LogP contribution in [0.5, 0.6) is 5.75 Å². The first-order valence-electron chi connectivity index (χ1n) is 6.19. The van der Waals surface area contributed by atoms with E-state index in [1.54, 1.807) is 12.3 Å². The molecule has 98 valence electrons. The minimum Gasteiger partial charge on any atom is -0.494 e. The minimum atomic E-state index is -0.135. The number of ether oxygens (including phenoxy) is 1. The van der Waals surface area contributed by atoms with Crippen molar-refractivity contribution >= 4 is 5.78 Å². The highest BCUT2D eigenvalue weighted by Crippen LogP contribution is 2.25. The molecule has 0 N–H and O–H groups in total. The van der Waals surface area contributed by atoms with Crippen LogP contribution in [0.3, 0.4) is 0 Å². The smallest absolute Gasteiger partial charge is 0.196 e. The van der Waals surface area contributed by atoms with Gasteiger partial charge in [0.25, 0.3) is 0 Å². The van der Waals surface area contributed by atoms with Crippen molar-refractivity contribution in [2.75, 3.05) is 6.61 Å². The molecule has 1 heterocycles. The highest BCUT2D eigenvalue weighted by molar-refractivity contribution is 5.90. The van der Waals surface area contributed by atoms with Gasteiger partial charge in [0.15, 0.2) is 11.6 Å². The number of benzene rings is 1. The molecule has 2 aromatic rings. The molecule has 0 spiro atoms. The minimum absolute atomic E-state index is 0.135. The molecule has 0 radical (unpaired) electrons. The van der Waals surface area contributed by atoms with E-state index in [4.69, 9.17) is 4.74 Å². The van der Waals surface area contributed by atoms with Crippen LogP contribution in [0.15, 0.2) is 30.5 Å². The second-order valence-electron chi connectivity index (χ2n) is 4.23. The lowest BCUT2D eigenvalue weighted by atomic mass is 10.1. The van der Waals surface area contributed by atoms with Crippen molar-refractivity contribution in [3.05, 3.63) is 41.9 Å². The Balaban J connectivity index is 2.39. The lowest BCUT2D eigenvalue weighted by Crippen LogP contribution is -2.01. The van der Waals surface area contributed by atoms with Crippen LogP contribution in [0.25, 0.3) is 11.3 Å². The Kier molecular flexibility index (Phi) is 3.90. The number of hydrogen-bond acceptors (Lipinski definition) is 4. The zero-order valence-corrected chi connectivity index (χ0v) is 11.3. The Morgan fingerprint density at radius 1 is 1.32 bits per heavy atom. The molecule has 0 unspecified atom stereocenters. The fourth-order valence-electron chi connectivity index (χ4n) is 1.82. The van der Waals surface area contributed by atoms with E-state index in [1.807, 2.05) is 32.0 Å². The van der Waals surface area contributed by atoms with Crippen LogP contribution in [-0.2, 0) is 0 Å². The van der Waals surface area contributed by atoms with Gasteiger partial charge in [-0.2, -0.15) is 0 Å². The third-order valence-corrected chi connectivity index (χ3v) is 2.74. The molecule has 4 heteroatoms. The van der Waals surface area contributed by atoms with Crippen molar-refractivity contribution in [2.24, 2.45) is 0 Å². The number of carbonyl (C=O) groups excluding carboxylic acids is 1. The van der Waals surface area contributed by atoms with Gasteiger partial charge in [-0.1, -0.05) is 0 Å². The Bertz CT molecular complexity index is 609. The largest absolute Gasteiger partial charge is 0.494 e. The summed E-state index contributed by atoms with van der Waals surface area (Å²) < 4.78 is 5.50. The summed E-state index contributed by atoms with van der Waals surface area (Å²) in [6.07, 6.45) is 1.60. The molecule has 0 saturated carbocycles. The number of rotatable bonds is 4. The number of nitrogens with zero attached hydrogens (tertiary/aromatic N) is 2. The SMILES string of the molecule is CCOc1ccc(-c2ccnc(C(C)=O)n2)cc1C. The molecule has 0 amide bonds. The normalized spacial score (nSPS) is 10.3. The van der Waals surface area contributed by atoms with Crippen molar-refractivity contribution in [1.29, 1.82) is 0 Å². The van der Waals surface area contributed by atoms with Crippen LogP contribution in [0.2, 0.25) is 0 Å². The Labute approximate surface area is 112 Å². The molecule has 0 saturated heterocycles. The van der Waals surface area contributed by atoms with Gasteiger partial charge < -0.3 is 4.74 Å². The summed E-state index contributed by atoms with van der Waals surface area (Å²) in [5.74, 6) is 0.973. The quantitative estimate of drug-likeness (QED) is 0.789. The summed E-state index contributed by atoms with van der Waals surface area (Å²) in [7, 11) is 0. The highest BCUT2D eigenvalue weighted by Gasteiger charge is 2.07. The molecule has 0 bridgehead atoms. The summed E-state index contributed by atoms with van der Waals surface area (Å²) in [6.45, 7) is 6.04. The molecule has 1 aromatic heterocycles. The average molecular weight is 256 g/mol. The maximum Gasteiger partial charge on any atom is 0.196 e. The lowest BCUT2D eigenvalue weighted by molar-refractivity contribution is 0.100. The van der Waals surface area contributed by atoms with E-state index in [2.05, 4.69) is 9.97 Å². The number of Topliss-reactive ketones (excluding diaryl/α,β-unsaturated/α-hetero) is 1. The first-order chi connectivity index (χ1) is 9.11. The predicted molar refractivity (Wildman–Crippen MR) is 73.4 cm³/mol. The first-order valence-corrected chi connectivity index (χ1v) is 6.19. The van der Waals surface area contributed by atoms with Crippen LogP contribution in [0.1, 0.15) is 30.0 Å². The van der Waals surface area contributed by atoms with Crippen molar-refractivity contribution in [3.63, 3.8) is 0 Å². The van der Waals surface area contributed by atoms with Gasteiger partial charge in [-0.05, 0) is 43.7 Å². The molecule has 0 aliphatic rings. The zero-order valence-electron chi connectivity index (χ0n) is 11.3. The molecule has 4 nitrogen and oxygen atoms in total. The van der Waals surface area contributed by atoms with E-state index in [0.29, 0.717) is 6.61 Å². The van der Waals surface area contributed by atoms with E-state index < -0.39 is 0 Å². The number of hydrogen-bond donors (Lipinski definition) is 0. The summed E-state index contributed by atoms with van der Waals surface area (Å²) in [5.41, 5.74) is 2.74. The molecule has 1 aromatic carbocycles. The van der Waals surface area contributed by atoms with Crippen molar-refractivity contribution in [3.8, 4) is 17.0 Å². The topological polar surface area (TPSA) is 52.1 Å². The Hall–Kier alpha value is -2.23. The van der Waals surface area contributed by atoms with Gasteiger partial charge in [0.2, 0.25) is 0 Å². The number of aromatic nitrogens is 2. The maximum absolute atomic E-state index is 11.3. The van der Waals surface area contributed by atoms with Gasteiger partial charge in [-0.15, -0.1) is 0 Å². The zero-order chi connectivity index (χ0) is 13.8. The van der Waals surface area contributed by atoms with Crippen LogP contribution < -0.4 is 4.74 Å². The molecule has 19 heavy (non-hydrogen) atoms. The summed E-state index contributed by atoms with van der Waals surface area (Å²) >= 11 is 0. The van der Waals surface area contributed by atoms with Gasteiger partial charge in [0, 0.05) is 18.7 Å². The van der Waals surface area contributed by atoms with Crippen LogP contribution in [-0.4, -0.2) is 22.4 Å². The predicted octanol–water partition coefficient (Wildman–Crippen LogP) is 3.05. The first kappa shape index (κ1) is 13.2. The summed E-state index contributed by atoms with van der Waals surface area (Å²) in [5, 5.41) is 0. The number of aryl methyl sites for hydroxylation is 1. The summed E-state index contributed by atoms with van der Waals surface area (Å²) in [6, 6.07) is 7.65. The van der Waals surface area contributed by atoms with Gasteiger partial charge in [-0.3, -0.25) is 4.79 Å². The molecule has 0 fully saturated rings. The van der Waals surface area contributed by atoms with Gasteiger partial charge in [-0.25, -0.2) is 9.97 Å². The third kappa shape index (κ3) is 2.96. The lowest BCUT2D eigenvalue weighted by Gasteiger charge is -2.09. The van der Waals surface area contributed by atoms with E-state index in [0.717, 1.165) is 22.6 Å². The third-order valence-electron chi connectivity index (χ3n) is 2.74. The second-order valence-corrected chi connectivity index (χ2v) is 4.23. The standard InChI is InChI=1S/C15H16N2O2/c1-4-19-14-6-5-12(9-10(14)2)13-7-8-16-15(17-13)11(3)18/h5-9H,4H2,1-3H3. The van der Waals surface area contributed by atoms with Gasteiger partial charge in [0.1, 0.15) is 5.75 Å². The summed E-state index contributed by atoms with van der Waals surface area (Å²) in [4.78, 5) is 19.5. The van der Waals surface area contributed by atoms with Crippen molar-refractivity contribution < 1.29 is 9.53 Å². The van der Waals surface area contributed by atoms with E-state index >= 15 is 0 Å². The maximum atomic E-state index is 11.3. The monoisotopic (exact) mass is 256 g/mol. The molecule has 0 atom stereocenters. The highest BCUT2D eigenvalue weighted by atomic mass is 16.5. The average Bonchev–Trinajstić information content (AvgIpc) is 2.41. The van der Waals surface area contributed by atoms with Gasteiger partial charge in [0.05, 0.1) is 12.3 Å².